The Hall–Kier alpha value is -1.22. The number of thiophene rings is 1. The normalized spacial score (nSPS) is 10.8. The fraction of sp³-hybridized carbons (Fsp3) is 0.111. The number of hydrogen-bond donors (Lipinski definition) is 0. The molecule has 0 bridgehead atoms. The summed E-state index contributed by atoms with van der Waals surface area (Å²) >= 11 is 1.96. The van der Waals surface area contributed by atoms with Gasteiger partial charge in [-0.3, -0.25) is 0 Å². The van der Waals surface area contributed by atoms with Crippen molar-refractivity contribution in [2.45, 2.75) is 18.7 Å². The van der Waals surface area contributed by atoms with Crippen LogP contribution in [0.25, 0.3) is 0 Å². The number of hydrogen-bond acceptors (Lipinski definition) is 4. The number of rotatable bonds is 3. The van der Waals surface area contributed by atoms with Crippen molar-refractivity contribution in [1.82, 2.24) is 0 Å². The summed E-state index contributed by atoms with van der Waals surface area (Å²) in [5.74, 6) is 0. The largest absolute Gasteiger partial charge is 0.744 e. The van der Waals surface area contributed by atoms with E-state index >= 15 is 0 Å². The molecule has 3 aromatic rings. The van der Waals surface area contributed by atoms with E-state index in [-0.39, 0.29) is 26.1 Å². The maximum Gasteiger partial charge on any atom is 0.370 e. The smallest absolute Gasteiger partial charge is 0.370 e. The molecule has 2 aromatic carbocycles. The van der Waals surface area contributed by atoms with E-state index in [0.29, 0.717) is 0 Å². The first-order valence-corrected chi connectivity index (χ1v) is 11.6. The fourth-order valence-corrected chi connectivity index (χ4v) is 6.26. The zero-order chi connectivity index (χ0) is 17.6. The highest BCUT2D eigenvalue weighted by Gasteiger charge is 2.18. The van der Waals surface area contributed by atoms with Gasteiger partial charge in [0.25, 0.3) is 2.88 Å². The van der Waals surface area contributed by atoms with Crippen LogP contribution in [-0.4, -0.2) is 13.0 Å². The second-order valence-corrected chi connectivity index (χ2v) is 10.9. The van der Waals surface area contributed by atoms with Gasteiger partial charge in [-0.25, -0.2) is 8.42 Å². The molecule has 0 saturated heterocycles. The second kappa shape index (κ2) is 8.75. The topological polar surface area (TPSA) is 57.2 Å². The van der Waals surface area contributed by atoms with Gasteiger partial charge in [-0.2, -0.15) is 0 Å². The van der Waals surface area contributed by atoms with E-state index in [0.717, 1.165) is 5.56 Å². The highest BCUT2D eigenvalue weighted by atomic mass is 127. The quantitative estimate of drug-likeness (QED) is 0.424. The third kappa shape index (κ3) is 6.01. The zero-order valence-electron chi connectivity index (χ0n) is 13.3. The third-order valence-corrected chi connectivity index (χ3v) is 8.65. The van der Waals surface area contributed by atoms with Crippen LogP contribution in [0.15, 0.2) is 70.9 Å². The van der Waals surface area contributed by atoms with Crippen LogP contribution in [0.4, 0.5) is 0 Å². The van der Waals surface area contributed by atoms with Crippen molar-refractivity contribution in [3.8, 4) is 0 Å². The van der Waals surface area contributed by atoms with E-state index < -0.39 is 10.1 Å². The van der Waals surface area contributed by atoms with E-state index in [2.05, 4.69) is 48.7 Å². The van der Waals surface area contributed by atoms with E-state index in [9.17, 15) is 13.0 Å². The first-order chi connectivity index (χ1) is 11.4. The molecule has 3 nitrogen and oxygen atoms in total. The van der Waals surface area contributed by atoms with E-state index in [1.165, 1.54) is 21.3 Å². The second-order valence-electron chi connectivity index (χ2n) is 5.03. The average molecular weight is 472 g/mol. The van der Waals surface area contributed by atoms with E-state index in [1.54, 1.807) is 15.0 Å². The molecule has 0 amide bonds. The Bertz CT molecular complexity index is 870. The maximum absolute atomic E-state index is 10.4. The molecule has 0 atom stereocenters. The van der Waals surface area contributed by atoms with Crippen LogP contribution < -0.4 is 21.2 Å². The Morgan fingerprint density at radius 1 is 0.917 bits per heavy atom. The van der Waals surface area contributed by atoms with Crippen LogP contribution in [0.3, 0.4) is 0 Å². The Balaban J connectivity index is 0.000000177. The molecular weight excluding hydrogens is 455 g/mol. The number of halogens is 1. The summed E-state index contributed by atoms with van der Waals surface area (Å²) in [6.45, 7) is 4.02. The summed E-state index contributed by atoms with van der Waals surface area (Å²) in [5.41, 5.74) is 2.39. The molecule has 6 heteroatoms. The summed E-state index contributed by atoms with van der Waals surface area (Å²) in [6, 6.07) is 18.8. The average Bonchev–Trinajstić information content (AvgIpc) is 2.94. The lowest BCUT2D eigenvalue weighted by molar-refractivity contribution is -0.591. The minimum Gasteiger partial charge on any atom is -0.744 e. The monoisotopic (exact) mass is 472 g/mol. The highest BCUT2D eigenvalue weighted by molar-refractivity contribution is 7.85. The van der Waals surface area contributed by atoms with E-state index in [1.807, 2.05) is 18.3 Å². The predicted molar refractivity (Wildman–Crippen MR) is 92.0 cm³/mol. The van der Waals surface area contributed by atoms with Gasteiger partial charge in [0, 0.05) is 5.56 Å². The molecule has 0 aliphatic rings. The van der Waals surface area contributed by atoms with E-state index in [4.69, 9.17) is 0 Å². The minimum atomic E-state index is -4.27. The fourth-order valence-electron chi connectivity index (χ4n) is 1.73. The van der Waals surface area contributed by atoms with Crippen molar-refractivity contribution in [2.24, 2.45) is 0 Å². The molecule has 0 saturated carbocycles. The van der Waals surface area contributed by atoms with Gasteiger partial charge in [0.2, 0.25) is 0 Å². The SMILES string of the molecule is Cc1ccc(S(=O)(=O)[O-])cc1.Cc1ccsc1[I+]c1ccccc1. The van der Waals surface area contributed by atoms with Gasteiger partial charge in [0.15, 0.2) is 3.57 Å². The van der Waals surface area contributed by atoms with Crippen LogP contribution in [0.1, 0.15) is 11.1 Å². The first kappa shape index (κ1) is 19.1. The van der Waals surface area contributed by atoms with Crippen LogP contribution in [0.2, 0.25) is 0 Å². The first-order valence-electron chi connectivity index (χ1n) is 7.13. The summed E-state index contributed by atoms with van der Waals surface area (Å²) in [6.07, 6.45) is 0. The van der Waals surface area contributed by atoms with Gasteiger partial charge in [-0.15, -0.1) is 0 Å². The molecular formula is C18H17IO3S2. The Morgan fingerprint density at radius 3 is 2.04 bits per heavy atom. The summed E-state index contributed by atoms with van der Waals surface area (Å²) in [4.78, 5) is -0.178. The highest BCUT2D eigenvalue weighted by Crippen LogP contribution is 2.08. The van der Waals surface area contributed by atoms with Gasteiger partial charge >= 0.3 is 21.2 Å². The Kier molecular flexibility index (Phi) is 6.97. The van der Waals surface area contributed by atoms with Crippen molar-refractivity contribution in [3.63, 3.8) is 0 Å². The van der Waals surface area contributed by atoms with Crippen LogP contribution in [-0.2, 0) is 10.1 Å². The lowest BCUT2D eigenvalue weighted by atomic mass is 10.2. The molecule has 0 aliphatic carbocycles. The van der Waals surface area contributed by atoms with Crippen molar-refractivity contribution in [2.75, 3.05) is 0 Å². The van der Waals surface area contributed by atoms with Crippen LogP contribution in [0.5, 0.6) is 0 Å². The molecule has 24 heavy (non-hydrogen) atoms. The minimum absolute atomic E-state index is 0.0631. The molecule has 1 aromatic heterocycles. The van der Waals surface area contributed by atoms with Crippen molar-refractivity contribution >= 4 is 21.5 Å². The molecule has 0 aliphatic heterocycles. The summed E-state index contributed by atoms with van der Waals surface area (Å²) < 4.78 is 34.3. The van der Waals surface area contributed by atoms with Crippen molar-refractivity contribution in [3.05, 3.63) is 83.6 Å². The van der Waals surface area contributed by atoms with Crippen molar-refractivity contribution in [1.29, 1.82) is 0 Å². The van der Waals surface area contributed by atoms with Crippen LogP contribution in [0, 0.1) is 20.3 Å². The molecule has 126 valence electrons. The lowest BCUT2D eigenvalue weighted by Crippen LogP contribution is -3.61. The van der Waals surface area contributed by atoms with Gasteiger partial charge in [0.1, 0.15) is 10.1 Å². The van der Waals surface area contributed by atoms with Gasteiger partial charge in [0.05, 0.1) is 4.90 Å². The molecule has 0 N–H and O–H groups in total. The van der Waals surface area contributed by atoms with Crippen molar-refractivity contribution < 1.29 is 34.2 Å². The molecule has 1 heterocycles. The Labute approximate surface area is 157 Å². The molecule has 0 radical (unpaired) electrons. The maximum atomic E-state index is 10.4. The summed E-state index contributed by atoms with van der Waals surface area (Å²) in [7, 11) is -4.27. The lowest BCUT2D eigenvalue weighted by Gasteiger charge is -2.05. The molecule has 0 spiro atoms. The number of benzene rings is 2. The summed E-state index contributed by atoms with van der Waals surface area (Å²) in [5, 5.41) is 2.19. The van der Waals surface area contributed by atoms with Gasteiger partial charge < -0.3 is 4.55 Å². The van der Waals surface area contributed by atoms with Gasteiger partial charge in [-0.05, 0) is 49.6 Å². The van der Waals surface area contributed by atoms with Crippen LogP contribution >= 0.6 is 11.3 Å². The van der Waals surface area contributed by atoms with Gasteiger partial charge in [-0.1, -0.05) is 47.2 Å². The Morgan fingerprint density at radius 2 is 1.54 bits per heavy atom. The third-order valence-electron chi connectivity index (χ3n) is 3.04. The standard InChI is InChI=1S/C11H10IS.C7H8O3S/c1-9-7-8-13-11(9)12-10-5-3-2-4-6-10;1-6-2-4-7(5-3-6)11(8,9)10/h2-8H,1H3;2-5H,1H3,(H,8,9,10)/q+1;/p-1. The number of aryl methyl sites for hydroxylation is 2. The zero-order valence-corrected chi connectivity index (χ0v) is 17.1. The molecule has 3 rings (SSSR count). The molecule has 0 unspecified atom stereocenters. The molecule has 0 fully saturated rings. The predicted octanol–water partition coefficient (Wildman–Crippen LogP) is 1.08.